The largest absolute Gasteiger partial charge is 0.495 e. The molecule has 1 aliphatic heterocycles. The van der Waals surface area contributed by atoms with Crippen LogP contribution in [0.1, 0.15) is 30.0 Å². The molecule has 0 bridgehead atoms. The Labute approximate surface area is 131 Å². The first kappa shape index (κ1) is 15.4. The molecule has 1 aromatic heterocycles. The normalized spacial score (nSPS) is 17.0. The molecule has 2 N–H and O–H groups in total. The van der Waals surface area contributed by atoms with Gasteiger partial charge in [0, 0.05) is 24.1 Å². The lowest BCUT2D eigenvalue weighted by Crippen LogP contribution is -2.39. The van der Waals surface area contributed by atoms with E-state index in [-0.39, 0.29) is 16.7 Å². The maximum atomic E-state index is 12.3. The first-order valence-corrected chi connectivity index (χ1v) is 7.02. The SMILES string of the molecule is COc1c2c(cc3oc(C(=O)O)cc(=O)c13)OC(C(C)(C)O)C2. The van der Waals surface area contributed by atoms with E-state index in [4.69, 9.17) is 19.0 Å². The number of ether oxygens (including phenoxy) is 2. The molecule has 1 atom stereocenters. The van der Waals surface area contributed by atoms with E-state index in [0.717, 1.165) is 6.07 Å². The molecular weight excluding hydrogens is 304 g/mol. The number of carboxylic acid groups (broad SMARTS) is 1. The molecule has 1 unspecified atom stereocenters. The number of aromatic carboxylic acids is 1. The molecule has 7 nitrogen and oxygen atoms in total. The quantitative estimate of drug-likeness (QED) is 0.884. The molecule has 0 saturated carbocycles. The van der Waals surface area contributed by atoms with E-state index >= 15 is 0 Å². The Morgan fingerprint density at radius 1 is 1.39 bits per heavy atom. The minimum absolute atomic E-state index is 0.0712. The van der Waals surface area contributed by atoms with Gasteiger partial charge in [-0.25, -0.2) is 4.79 Å². The van der Waals surface area contributed by atoms with Crippen molar-refractivity contribution < 1.29 is 28.9 Å². The van der Waals surface area contributed by atoms with Gasteiger partial charge in [-0.05, 0) is 13.8 Å². The number of carbonyl (C=O) groups is 1. The van der Waals surface area contributed by atoms with Gasteiger partial charge in [-0.2, -0.15) is 0 Å². The van der Waals surface area contributed by atoms with Crippen LogP contribution in [-0.2, 0) is 6.42 Å². The summed E-state index contributed by atoms with van der Waals surface area (Å²) in [6.07, 6.45) is -0.129. The van der Waals surface area contributed by atoms with Gasteiger partial charge in [0.2, 0.25) is 5.76 Å². The smallest absolute Gasteiger partial charge is 0.371 e. The highest BCUT2D eigenvalue weighted by atomic mass is 16.5. The van der Waals surface area contributed by atoms with Crippen LogP contribution in [0.25, 0.3) is 11.0 Å². The van der Waals surface area contributed by atoms with Gasteiger partial charge in [-0.3, -0.25) is 4.79 Å². The van der Waals surface area contributed by atoms with Crippen molar-refractivity contribution in [1.82, 2.24) is 0 Å². The average Bonchev–Trinajstić information content (AvgIpc) is 2.88. The number of benzene rings is 1. The van der Waals surface area contributed by atoms with Crippen molar-refractivity contribution in [3.05, 3.63) is 33.7 Å². The monoisotopic (exact) mass is 320 g/mol. The van der Waals surface area contributed by atoms with Crippen molar-refractivity contribution >= 4 is 16.9 Å². The van der Waals surface area contributed by atoms with Gasteiger partial charge in [-0.1, -0.05) is 0 Å². The van der Waals surface area contributed by atoms with Crippen molar-refractivity contribution in [1.29, 1.82) is 0 Å². The van der Waals surface area contributed by atoms with Crippen LogP contribution < -0.4 is 14.9 Å². The summed E-state index contributed by atoms with van der Waals surface area (Å²) in [5.74, 6) is -1.10. The van der Waals surface area contributed by atoms with E-state index in [1.54, 1.807) is 13.8 Å². The van der Waals surface area contributed by atoms with E-state index in [9.17, 15) is 14.7 Å². The highest BCUT2D eigenvalue weighted by Gasteiger charge is 2.37. The molecule has 3 rings (SSSR count). The van der Waals surface area contributed by atoms with Crippen LogP contribution in [0.5, 0.6) is 11.5 Å². The molecule has 0 aliphatic carbocycles. The van der Waals surface area contributed by atoms with Crippen LogP contribution in [0.2, 0.25) is 0 Å². The van der Waals surface area contributed by atoms with Gasteiger partial charge >= 0.3 is 5.97 Å². The number of aliphatic hydroxyl groups is 1. The number of carboxylic acids is 1. The van der Waals surface area contributed by atoms with Crippen molar-refractivity contribution in [2.75, 3.05) is 7.11 Å². The van der Waals surface area contributed by atoms with Crippen molar-refractivity contribution in [3.8, 4) is 11.5 Å². The van der Waals surface area contributed by atoms with E-state index < -0.39 is 28.9 Å². The van der Waals surface area contributed by atoms with Crippen LogP contribution in [0, 0.1) is 0 Å². The number of rotatable bonds is 3. The second-order valence-electron chi connectivity index (χ2n) is 6.00. The highest BCUT2D eigenvalue weighted by Crippen LogP contribution is 2.42. The Balaban J connectivity index is 2.27. The summed E-state index contributed by atoms with van der Waals surface area (Å²) in [6, 6.07) is 2.38. The van der Waals surface area contributed by atoms with Crippen molar-refractivity contribution in [2.24, 2.45) is 0 Å². The van der Waals surface area contributed by atoms with Crippen LogP contribution >= 0.6 is 0 Å². The fourth-order valence-electron chi connectivity index (χ4n) is 2.71. The maximum absolute atomic E-state index is 12.3. The summed E-state index contributed by atoms with van der Waals surface area (Å²) in [6.45, 7) is 3.25. The van der Waals surface area contributed by atoms with Crippen LogP contribution in [0.3, 0.4) is 0 Å². The second kappa shape index (κ2) is 4.99. The summed E-state index contributed by atoms with van der Waals surface area (Å²) in [4.78, 5) is 23.3. The third-order valence-corrected chi connectivity index (χ3v) is 3.90. The number of hydrogen-bond acceptors (Lipinski definition) is 6. The zero-order valence-electron chi connectivity index (χ0n) is 12.9. The standard InChI is InChI=1S/C16H16O7/c1-16(2,20)12-4-7-9(23-12)6-10-13(14(7)21-3)8(17)5-11(22-10)15(18)19/h5-6,12,20H,4H2,1-3H3,(H,18,19). The van der Waals surface area contributed by atoms with E-state index in [1.807, 2.05) is 0 Å². The van der Waals surface area contributed by atoms with Crippen LogP contribution in [-0.4, -0.2) is 35.0 Å². The third kappa shape index (κ3) is 2.43. The number of methoxy groups -OCH3 is 1. The fraction of sp³-hybridized carbons (Fsp3) is 0.375. The predicted octanol–water partition coefficient (Wildman–Crippen LogP) is 1.57. The topological polar surface area (TPSA) is 106 Å². The van der Waals surface area contributed by atoms with E-state index in [0.29, 0.717) is 17.7 Å². The van der Waals surface area contributed by atoms with Crippen LogP contribution in [0.15, 0.2) is 21.3 Å². The Morgan fingerprint density at radius 3 is 2.65 bits per heavy atom. The maximum Gasteiger partial charge on any atom is 0.371 e. The number of hydrogen-bond donors (Lipinski definition) is 2. The van der Waals surface area contributed by atoms with Crippen LogP contribution in [0.4, 0.5) is 0 Å². The lowest BCUT2D eigenvalue weighted by molar-refractivity contribution is -0.0229. The molecule has 0 spiro atoms. The first-order chi connectivity index (χ1) is 10.7. The Morgan fingerprint density at radius 2 is 2.09 bits per heavy atom. The van der Waals surface area contributed by atoms with E-state index in [1.165, 1.54) is 13.2 Å². The molecule has 0 amide bonds. The molecule has 7 heteroatoms. The number of fused-ring (bicyclic) bond motifs is 2. The van der Waals surface area contributed by atoms with Gasteiger partial charge < -0.3 is 24.1 Å². The van der Waals surface area contributed by atoms with Crippen molar-refractivity contribution in [3.63, 3.8) is 0 Å². The molecule has 2 aromatic rings. The summed E-state index contributed by atoms with van der Waals surface area (Å²) in [5.41, 5.74) is -0.862. The minimum atomic E-state index is -1.33. The summed E-state index contributed by atoms with van der Waals surface area (Å²) in [7, 11) is 1.41. The minimum Gasteiger partial charge on any atom is -0.495 e. The molecule has 1 aromatic carbocycles. The van der Waals surface area contributed by atoms with Gasteiger partial charge in [0.1, 0.15) is 28.6 Å². The lowest BCUT2D eigenvalue weighted by atomic mass is 9.96. The summed E-state index contributed by atoms with van der Waals surface area (Å²) < 4.78 is 16.3. The molecule has 1 aliphatic rings. The molecular formula is C16H16O7. The van der Waals surface area contributed by atoms with Gasteiger partial charge in [0.25, 0.3) is 0 Å². The lowest BCUT2D eigenvalue weighted by Gasteiger charge is -2.24. The second-order valence-corrected chi connectivity index (χ2v) is 6.00. The Kier molecular flexibility index (Phi) is 3.33. The molecule has 23 heavy (non-hydrogen) atoms. The summed E-state index contributed by atoms with van der Waals surface area (Å²) >= 11 is 0. The third-order valence-electron chi connectivity index (χ3n) is 3.90. The first-order valence-electron chi connectivity index (χ1n) is 7.02. The predicted molar refractivity (Wildman–Crippen MR) is 80.4 cm³/mol. The molecule has 122 valence electrons. The van der Waals surface area contributed by atoms with Gasteiger partial charge in [0.05, 0.1) is 12.7 Å². The van der Waals surface area contributed by atoms with Gasteiger partial charge in [0.15, 0.2) is 5.43 Å². The molecule has 2 heterocycles. The zero-order chi connectivity index (χ0) is 16.9. The fourth-order valence-corrected chi connectivity index (χ4v) is 2.71. The van der Waals surface area contributed by atoms with E-state index in [2.05, 4.69) is 0 Å². The average molecular weight is 320 g/mol. The summed E-state index contributed by atoms with van der Waals surface area (Å²) in [5, 5.41) is 19.3. The Bertz CT molecular complexity index is 857. The molecule has 0 fully saturated rings. The zero-order valence-corrected chi connectivity index (χ0v) is 12.9. The molecule has 0 saturated heterocycles. The highest BCUT2D eigenvalue weighted by molar-refractivity contribution is 5.91. The van der Waals surface area contributed by atoms with Crippen molar-refractivity contribution in [2.45, 2.75) is 32.0 Å². The molecule has 0 radical (unpaired) electrons. The van der Waals surface area contributed by atoms with Gasteiger partial charge in [-0.15, -0.1) is 0 Å². The Hall–Kier alpha value is -2.54.